The number of piperidine rings is 1. The lowest BCUT2D eigenvalue weighted by molar-refractivity contribution is 0.160. The van der Waals surface area contributed by atoms with E-state index in [9.17, 15) is 0 Å². The highest BCUT2D eigenvalue weighted by molar-refractivity contribution is 6.74. The first-order valence-corrected chi connectivity index (χ1v) is 12.4. The number of nitrogens with two attached hydrogens (primary N) is 1. The molecule has 142 valence electrons. The van der Waals surface area contributed by atoms with E-state index >= 15 is 0 Å². The fourth-order valence-corrected chi connectivity index (χ4v) is 4.56. The minimum absolute atomic E-state index is 0.0487. The number of hydrogen-bond donors (Lipinski definition) is 1. The number of nitrogen functional groups attached to an aromatic ring is 1. The van der Waals surface area contributed by atoms with Crippen LogP contribution in [0.4, 0.5) is 11.4 Å². The fraction of sp³-hybridized carbons (Fsp3) is 0.750. The number of pyridine rings is 1. The molecule has 1 fully saturated rings. The van der Waals surface area contributed by atoms with Crippen LogP contribution in [-0.4, -0.2) is 32.5 Å². The summed E-state index contributed by atoms with van der Waals surface area (Å²) in [5.74, 6) is 0. The Hall–Kier alpha value is -1.07. The van der Waals surface area contributed by atoms with Crippen molar-refractivity contribution in [1.29, 1.82) is 0 Å². The van der Waals surface area contributed by atoms with Crippen LogP contribution >= 0.6 is 0 Å². The van der Waals surface area contributed by atoms with Gasteiger partial charge in [-0.15, -0.1) is 0 Å². The molecule has 2 heterocycles. The molecule has 1 aliphatic heterocycles. The van der Waals surface area contributed by atoms with Gasteiger partial charge in [0.05, 0.1) is 23.2 Å². The summed E-state index contributed by atoms with van der Waals surface area (Å²) in [6.45, 7) is 20.0. The summed E-state index contributed by atoms with van der Waals surface area (Å²) in [6, 6.07) is 2.05. The van der Waals surface area contributed by atoms with Gasteiger partial charge in [0.25, 0.3) is 0 Å². The van der Waals surface area contributed by atoms with Gasteiger partial charge in [-0.1, -0.05) is 41.5 Å². The Balaban J connectivity index is 2.20. The Labute approximate surface area is 155 Å². The molecule has 1 aromatic rings. The Morgan fingerprint density at radius 2 is 1.84 bits per heavy atom. The van der Waals surface area contributed by atoms with Gasteiger partial charge in [-0.3, -0.25) is 4.98 Å². The summed E-state index contributed by atoms with van der Waals surface area (Å²) in [5.41, 5.74) is 9.38. The van der Waals surface area contributed by atoms with E-state index in [2.05, 4.69) is 70.6 Å². The Kier molecular flexibility index (Phi) is 5.60. The molecule has 5 heteroatoms. The van der Waals surface area contributed by atoms with Crippen LogP contribution in [-0.2, 0) is 9.84 Å². The van der Waals surface area contributed by atoms with Crippen molar-refractivity contribution in [1.82, 2.24) is 4.98 Å². The largest absolute Gasteiger partial charge is 0.412 e. The minimum Gasteiger partial charge on any atom is -0.412 e. The topological polar surface area (TPSA) is 51.4 Å². The number of aromatic nitrogens is 1. The Bertz CT molecular complexity index is 602. The molecule has 1 atom stereocenters. The molecule has 0 amide bonds. The zero-order valence-electron chi connectivity index (χ0n) is 17.4. The van der Waals surface area contributed by atoms with Gasteiger partial charge in [0.1, 0.15) is 0 Å². The maximum absolute atomic E-state index is 6.67. The first kappa shape index (κ1) is 20.2. The molecule has 0 radical (unpaired) electrons. The SMILES string of the molecule is CC(C)(C)c1nccc(N2CCC[C@H](O[Si](C)(C)C(C)(C)C)C2)c1N. The summed E-state index contributed by atoms with van der Waals surface area (Å²) in [6.07, 6.45) is 4.47. The first-order valence-electron chi connectivity index (χ1n) is 9.50. The van der Waals surface area contributed by atoms with E-state index in [1.807, 2.05) is 6.20 Å². The molecule has 0 aliphatic carbocycles. The van der Waals surface area contributed by atoms with Crippen LogP contribution in [0.15, 0.2) is 12.3 Å². The molecule has 25 heavy (non-hydrogen) atoms. The zero-order chi connectivity index (χ0) is 19.0. The van der Waals surface area contributed by atoms with Crippen molar-refractivity contribution in [3.05, 3.63) is 18.0 Å². The molecule has 1 aliphatic rings. The molecule has 0 aromatic carbocycles. The van der Waals surface area contributed by atoms with Crippen molar-refractivity contribution in [2.75, 3.05) is 23.7 Å². The van der Waals surface area contributed by atoms with E-state index in [1.54, 1.807) is 0 Å². The third-order valence-corrected chi connectivity index (χ3v) is 10.2. The Morgan fingerprint density at radius 3 is 2.40 bits per heavy atom. The number of rotatable bonds is 3. The highest BCUT2D eigenvalue weighted by Gasteiger charge is 2.40. The van der Waals surface area contributed by atoms with Gasteiger partial charge >= 0.3 is 0 Å². The normalized spacial score (nSPS) is 20.0. The molecule has 2 N–H and O–H groups in total. The van der Waals surface area contributed by atoms with Crippen LogP contribution in [0.2, 0.25) is 18.1 Å². The maximum atomic E-state index is 6.67. The lowest BCUT2D eigenvalue weighted by Gasteiger charge is -2.43. The fourth-order valence-electron chi connectivity index (χ4n) is 3.18. The molecule has 4 nitrogen and oxygen atoms in total. The standard InChI is InChI=1S/C20H37N3OSi/c1-19(2,3)18-17(21)16(11-12-22-18)23-13-9-10-15(14-23)24-25(7,8)20(4,5)6/h11-12,15H,9-10,13-14,21H2,1-8H3/t15-/m0/s1. The smallest absolute Gasteiger partial charge is 0.192 e. The van der Waals surface area contributed by atoms with Crippen molar-refractivity contribution in [2.45, 2.75) is 84.0 Å². The highest BCUT2D eigenvalue weighted by Crippen LogP contribution is 2.39. The minimum atomic E-state index is -1.75. The van der Waals surface area contributed by atoms with Crippen LogP contribution in [0.3, 0.4) is 0 Å². The van der Waals surface area contributed by atoms with Gasteiger partial charge in [-0.25, -0.2) is 0 Å². The molecule has 0 spiro atoms. The second kappa shape index (κ2) is 6.91. The van der Waals surface area contributed by atoms with Crippen molar-refractivity contribution in [3.8, 4) is 0 Å². The lowest BCUT2D eigenvalue weighted by Crippen LogP contribution is -2.49. The van der Waals surface area contributed by atoms with Gasteiger partial charge in [0.15, 0.2) is 8.32 Å². The van der Waals surface area contributed by atoms with Crippen LogP contribution in [0.5, 0.6) is 0 Å². The van der Waals surface area contributed by atoms with Crippen molar-refractivity contribution in [2.24, 2.45) is 0 Å². The number of hydrogen-bond acceptors (Lipinski definition) is 4. The van der Waals surface area contributed by atoms with E-state index < -0.39 is 8.32 Å². The quantitative estimate of drug-likeness (QED) is 0.772. The van der Waals surface area contributed by atoms with E-state index in [1.165, 1.54) is 0 Å². The monoisotopic (exact) mass is 363 g/mol. The molecule has 0 saturated carbocycles. The molecular weight excluding hydrogens is 326 g/mol. The average Bonchev–Trinajstić information content (AvgIpc) is 2.44. The summed E-state index contributed by atoms with van der Waals surface area (Å²) in [5, 5.41) is 0.240. The van der Waals surface area contributed by atoms with Gasteiger partial charge in [-0.2, -0.15) is 0 Å². The third-order valence-electron chi connectivity index (χ3n) is 5.66. The lowest BCUT2D eigenvalue weighted by atomic mass is 9.90. The zero-order valence-corrected chi connectivity index (χ0v) is 18.4. The molecule has 1 aromatic heterocycles. The molecule has 1 saturated heterocycles. The second-order valence-corrected chi connectivity index (χ2v) is 14.7. The molecule has 0 unspecified atom stereocenters. The van der Waals surface area contributed by atoms with E-state index in [0.717, 1.165) is 43.0 Å². The van der Waals surface area contributed by atoms with Crippen molar-refractivity contribution >= 4 is 19.7 Å². The average molecular weight is 364 g/mol. The predicted octanol–water partition coefficient (Wildman–Crippen LogP) is 4.95. The summed E-state index contributed by atoms with van der Waals surface area (Å²) in [4.78, 5) is 6.94. The van der Waals surface area contributed by atoms with Crippen LogP contribution in [0, 0.1) is 0 Å². The van der Waals surface area contributed by atoms with Crippen LogP contribution in [0.1, 0.15) is 60.1 Å². The highest BCUT2D eigenvalue weighted by atomic mass is 28.4. The van der Waals surface area contributed by atoms with Crippen molar-refractivity contribution < 1.29 is 4.43 Å². The van der Waals surface area contributed by atoms with E-state index in [0.29, 0.717) is 6.10 Å². The third kappa shape index (κ3) is 4.56. The summed E-state index contributed by atoms with van der Waals surface area (Å²) in [7, 11) is -1.75. The summed E-state index contributed by atoms with van der Waals surface area (Å²) >= 11 is 0. The molecular formula is C20H37N3OSi. The maximum Gasteiger partial charge on any atom is 0.192 e. The van der Waals surface area contributed by atoms with Gasteiger partial charge in [0.2, 0.25) is 0 Å². The van der Waals surface area contributed by atoms with Gasteiger partial charge in [-0.05, 0) is 37.0 Å². The second-order valence-electron chi connectivity index (χ2n) is 9.93. The summed E-state index contributed by atoms with van der Waals surface area (Å²) < 4.78 is 6.67. The van der Waals surface area contributed by atoms with Gasteiger partial charge < -0.3 is 15.1 Å². The van der Waals surface area contributed by atoms with Gasteiger partial charge in [0, 0.05) is 24.7 Å². The van der Waals surface area contributed by atoms with Crippen LogP contribution in [0.25, 0.3) is 0 Å². The number of anilines is 2. The first-order chi connectivity index (χ1) is 11.3. The Morgan fingerprint density at radius 1 is 1.20 bits per heavy atom. The molecule has 2 rings (SSSR count). The van der Waals surface area contributed by atoms with Crippen molar-refractivity contribution in [3.63, 3.8) is 0 Å². The van der Waals surface area contributed by atoms with Crippen LogP contribution < -0.4 is 10.6 Å². The predicted molar refractivity (Wildman–Crippen MR) is 111 cm³/mol. The number of nitrogens with zero attached hydrogens (tertiary/aromatic N) is 2. The van der Waals surface area contributed by atoms with E-state index in [4.69, 9.17) is 10.2 Å². The molecule has 0 bridgehead atoms. The van der Waals surface area contributed by atoms with E-state index in [-0.39, 0.29) is 10.5 Å².